The van der Waals surface area contributed by atoms with Crippen LogP contribution in [0.15, 0.2) is 0 Å². The molecule has 0 aromatic heterocycles. The number of rotatable bonds is 2. The number of aliphatic carboxylic acids is 1. The molecule has 68 valence electrons. The van der Waals surface area contributed by atoms with E-state index in [4.69, 9.17) is 5.11 Å². The van der Waals surface area contributed by atoms with E-state index in [9.17, 15) is 4.79 Å². The lowest BCUT2D eigenvalue weighted by Gasteiger charge is -2.34. The molecule has 1 unspecified atom stereocenters. The maximum atomic E-state index is 10.6. The smallest absolute Gasteiger partial charge is 0.307 e. The largest absolute Gasteiger partial charge is 0.481 e. The first-order valence-electron chi connectivity index (χ1n) is 4.74. The minimum atomic E-state index is -0.614. The van der Waals surface area contributed by atoms with Gasteiger partial charge < -0.3 is 5.11 Å². The molecule has 1 aliphatic heterocycles. The van der Waals surface area contributed by atoms with Gasteiger partial charge in [-0.05, 0) is 25.8 Å². The number of carbonyl (C=O) groups is 1. The Morgan fingerprint density at radius 2 is 2.08 bits per heavy atom. The molecule has 1 aliphatic carbocycles. The number of hydrogen-bond acceptors (Lipinski definition) is 2. The van der Waals surface area contributed by atoms with Gasteiger partial charge in [0.1, 0.15) is 0 Å². The van der Waals surface area contributed by atoms with E-state index in [1.54, 1.807) is 0 Å². The molecule has 2 fully saturated rings. The number of carboxylic acid groups (broad SMARTS) is 1. The average Bonchev–Trinajstić information content (AvgIpc) is 2.32. The molecule has 0 amide bonds. The minimum absolute atomic E-state index is 0.0920. The third-order valence-electron chi connectivity index (χ3n) is 3.16. The molecule has 2 rings (SSSR count). The van der Waals surface area contributed by atoms with Crippen LogP contribution in [0, 0.1) is 5.92 Å². The average molecular weight is 169 g/mol. The lowest BCUT2D eigenvalue weighted by Crippen LogP contribution is -2.38. The second kappa shape index (κ2) is 3.05. The number of likely N-dealkylation sites (tertiary alicyclic amines) is 1. The van der Waals surface area contributed by atoms with Crippen LogP contribution < -0.4 is 0 Å². The number of carboxylic acids is 1. The Hall–Kier alpha value is -0.570. The molecule has 1 atom stereocenters. The van der Waals surface area contributed by atoms with Crippen LogP contribution in [0.3, 0.4) is 0 Å². The Balaban J connectivity index is 1.84. The normalized spacial score (nSPS) is 31.8. The molecule has 12 heavy (non-hydrogen) atoms. The van der Waals surface area contributed by atoms with Gasteiger partial charge in [-0.15, -0.1) is 0 Å². The standard InChI is InChI=1S/C9H15NO2/c11-9(12)7-4-5-10(6-7)8-2-1-3-8/h7-8H,1-6H2,(H,11,12). The zero-order chi connectivity index (χ0) is 8.55. The van der Waals surface area contributed by atoms with Crippen LogP contribution in [0.1, 0.15) is 25.7 Å². The van der Waals surface area contributed by atoms with Gasteiger partial charge in [0.25, 0.3) is 0 Å². The maximum absolute atomic E-state index is 10.6. The Bertz CT molecular complexity index is 189. The zero-order valence-electron chi connectivity index (χ0n) is 7.20. The summed E-state index contributed by atoms with van der Waals surface area (Å²) in [4.78, 5) is 13.0. The molecule has 0 aromatic rings. The lowest BCUT2D eigenvalue weighted by molar-refractivity contribution is -0.141. The Labute approximate surface area is 72.4 Å². The first-order chi connectivity index (χ1) is 5.77. The molecular formula is C9H15NO2. The van der Waals surface area contributed by atoms with Gasteiger partial charge in [-0.1, -0.05) is 6.42 Å². The van der Waals surface area contributed by atoms with Crippen LogP contribution in [0.2, 0.25) is 0 Å². The van der Waals surface area contributed by atoms with Gasteiger partial charge in [0.05, 0.1) is 5.92 Å². The monoisotopic (exact) mass is 169 g/mol. The molecule has 0 aromatic carbocycles. The van der Waals surface area contributed by atoms with Gasteiger partial charge in [0, 0.05) is 12.6 Å². The van der Waals surface area contributed by atoms with Crippen molar-refractivity contribution in [3.63, 3.8) is 0 Å². The van der Waals surface area contributed by atoms with E-state index in [2.05, 4.69) is 4.90 Å². The van der Waals surface area contributed by atoms with E-state index in [0.29, 0.717) is 6.04 Å². The van der Waals surface area contributed by atoms with Crippen molar-refractivity contribution in [3.8, 4) is 0 Å². The van der Waals surface area contributed by atoms with Crippen LogP contribution in [-0.4, -0.2) is 35.1 Å². The summed E-state index contributed by atoms with van der Waals surface area (Å²) in [5.74, 6) is -0.706. The summed E-state index contributed by atoms with van der Waals surface area (Å²) in [5, 5.41) is 8.78. The van der Waals surface area contributed by atoms with Gasteiger partial charge in [0.2, 0.25) is 0 Å². The molecule has 1 heterocycles. The second-order valence-electron chi connectivity index (χ2n) is 3.90. The van der Waals surface area contributed by atoms with Crippen molar-refractivity contribution in [1.29, 1.82) is 0 Å². The van der Waals surface area contributed by atoms with E-state index in [-0.39, 0.29) is 5.92 Å². The quantitative estimate of drug-likeness (QED) is 0.669. The molecular weight excluding hydrogens is 154 g/mol. The van der Waals surface area contributed by atoms with Crippen molar-refractivity contribution in [2.45, 2.75) is 31.7 Å². The zero-order valence-corrected chi connectivity index (χ0v) is 7.20. The van der Waals surface area contributed by atoms with Crippen molar-refractivity contribution in [1.82, 2.24) is 4.90 Å². The molecule has 1 N–H and O–H groups in total. The summed E-state index contributed by atoms with van der Waals surface area (Å²) in [7, 11) is 0. The molecule has 1 saturated carbocycles. The number of nitrogens with zero attached hydrogens (tertiary/aromatic N) is 1. The van der Waals surface area contributed by atoms with Crippen molar-refractivity contribution in [2.75, 3.05) is 13.1 Å². The van der Waals surface area contributed by atoms with Crippen molar-refractivity contribution < 1.29 is 9.90 Å². The fraction of sp³-hybridized carbons (Fsp3) is 0.889. The molecule has 0 radical (unpaired) electrons. The van der Waals surface area contributed by atoms with E-state index in [1.807, 2.05) is 0 Å². The van der Waals surface area contributed by atoms with Crippen molar-refractivity contribution in [2.24, 2.45) is 5.92 Å². The molecule has 3 heteroatoms. The Kier molecular flexibility index (Phi) is 2.05. The van der Waals surface area contributed by atoms with Crippen LogP contribution in [0.4, 0.5) is 0 Å². The van der Waals surface area contributed by atoms with Gasteiger partial charge in [-0.25, -0.2) is 0 Å². The summed E-state index contributed by atoms with van der Waals surface area (Å²) in [5.41, 5.74) is 0. The third-order valence-corrected chi connectivity index (χ3v) is 3.16. The van der Waals surface area contributed by atoms with E-state index >= 15 is 0 Å². The SMILES string of the molecule is O=C(O)C1CCN(C2CCC2)C1. The maximum Gasteiger partial charge on any atom is 0.307 e. The minimum Gasteiger partial charge on any atom is -0.481 e. The predicted octanol–water partition coefficient (Wildman–Crippen LogP) is 0.945. The van der Waals surface area contributed by atoms with Gasteiger partial charge in [-0.2, -0.15) is 0 Å². The highest BCUT2D eigenvalue weighted by Gasteiger charge is 2.34. The number of hydrogen-bond donors (Lipinski definition) is 1. The predicted molar refractivity (Wildman–Crippen MR) is 45.0 cm³/mol. The highest BCUT2D eigenvalue weighted by molar-refractivity contribution is 5.70. The van der Waals surface area contributed by atoms with Crippen molar-refractivity contribution >= 4 is 5.97 Å². The van der Waals surface area contributed by atoms with Crippen LogP contribution in [0.5, 0.6) is 0 Å². The van der Waals surface area contributed by atoms with E-state index < -0.39 is 5.97 Å². The first kappa shape index (κ1) is 8.05. The summed E-state index contributed by atoms with van der Waals surface area (Å²) < 4.78 is 0. The second-order valence-corrected chi connectivity index (χ2v) is 3.90. The molecule has 3 nitrogen and oxygen atoms in total. The topological polar surface area (TPSA) is 40.5 Å². The summed E-state index contributed by atoms with van der Waals surface area (Å²) in [6, 6.07) is 0.717. The molecule has 2 aliphatic rings. The van der Waals surface area contributed by atoms with Crippen molar-refractivity contribution in [3.05, 3.63) is 0 Å². The molecule has 0 bridgehead atoms. The highest BCUT2D eigenvalue weighted by Crippen LogP contribution is 2.29. The lowest BCUT2D eigenvalue weighted by atomic mass is 9.92. The highest BCUT2D eigenvalue weighted by atomic mass is 16.4. The Morgan fingerprint density at radius 3 is 2.50 bits per heavy atom. The van der Waals surface area contributed by atoms with Gasteiger partial charge >= 0.3 is 5.97 Å². The summed E-state index contributed by atoms with van der Waals surface area (Å²) in [6.45, 7) is 1.79. The molecule has 0 spiro atoms. The van der Waals surface area contributed by atoms with Crippen LogP contribution >= 0.6 is 0 Å². The Morgan fingerprint density at radius 1 is 1.33 bits per heavy atom. The fourth-order valence-electron chi connectivity index (χ4n) is 2.07. The molecule has 1 saturated heterocycles. The van der Waals surface area contributed by atoms with Crippen LogP contribution in [-0.2, 0) is 4.79 Å². The van der Waals surface area contributed by atoms with Gasteiger partial charge in [0.15, 0.2) is 0 Å². The summed E-state index contributed by atoms with van der Waals surface area (Å²) in [6.07, 6.45) is 4.75. The first-order valence-corrected chi connectivity index (χ1v) is 4.74. The van der Waals surface area contributed by atoms with Crippen LogP contribution in [0.25, 0.3) is 0 Å². The summed E-state index contributed by atoms with van der Waals surface area (Å²) >= 11 is 0. The third kappa shape index (κ3) is 1.33. The van der Waals surface area contributed by atoms with Gasteiger partial charge in [-0.3, -0.25) is 9.69 Å². The van der Waals surface area contributed by atoms with E-state index in [1.165, 1.54) is 19.3 Å². The van der Waals surface area contributed by atoms with E-state index in [0.717, 1.165) is 19.5 Å². The fourth-order valence-corrected chi connectivity index (χ4v) is 2.07.